The first-order chi connectivity index (χ1) is 10.6. The lowest BCUT2D eigenvalue weighted by molar-refractivity contribution is -0.129. The van der Waals surface area contributed by atoms with E-state index in [-0.39, 0.29) is 17.8 Å². The summed E-state index contributed by atoms with van der Waals surface area (Å²) in [5.74, 6) is 2.31. The van der Waals surface area contributed by atoms with Gasteiger partial charge in [-0.15, -0.1) is 0 Å². The molecular weight excluding hydrogens is 276 g/mol. The van der Waals surface area contributed by atoms with Gasteiger partial charge in [-0.2, -0.15) is 0 Å². The molecule has 0 aliphatic heterocycles. The van der Waals surface area contributed by atoms with E-state index < -0.39 is 0 Å². The molecule has 1 aromatic rings. The monoisotopic (exact) mass is 300 g/mol. The Labute approximate surface area is 131 Å². The predicted octanol–water partition coefficient (Wildman–Crippen LogP) is 3.31. The van der Waals surface area contributed by atoms with Crippen molar-refractivity contribution in [2.24, 2.45) is 17.3 Å². The summed E-state index contributed by atoms with van der Waals surface area (Å²) in [6.07, 6.45) is 5.87. The highest BCUT2D eigenvalue weighted by Gasteiger charge is 2.54. The number of ketones is 1. The van der Waals surface area contributed by atoms with Crippen LogP contribution in [0.25, 0.3) is 0 Å². The van der Waals surface area contributed by atoms with Gasteiger partial charge in [-0.05, 0) is 67.1 Å². The van der Waals surface area contributed by atoms with Crippen molar-refractivity contribution >= 4 is 5.78 Å². The number of hydrogen-bond donors (Lipinski definition) is 2. The average molecular weight is 300 g/mol. The first kappa shape index (κ1) is 14.3. The van der Waals surface area contributed by atoms with Crippen LogP contribution in [0.2, 0.25) is 0 Å². The van der Waals surface area contributed by atoms with E-state index >= 15 is 0 Å². The largest absolute Gasteiger partial charge is 0.508 e. The number of rotatable bonds is 1. The van der Waals surface area contributed by atoms with Crippen molar-refractivity contribution in [3.05, 3.63) is 28.8 Å². The second-order valence-corrected chi connectivity index (χ2v) is 7.62. The van der Waals surface area contributed by atoms with Crippen LogP contribution in [0.3, 0.4) is 0 Å². The lowest BCUT2D eigenvalue weighted by atomic mass is 9.55. The maximum atomic E-state index is 12.3. The number of hydrogen-bond acceptors (Lipinski definition) is 3. The lowest BCUT2D eigenvalue weighted by Gasteiger charge is -2.48. The van der Waals surface area contributed by atoms with Crippen LogP contribution in [0, 0.1) is 17.3 Å². The summed E-state index contributed by atoms with van der Waals surface area (Å²) in [6.45, 7) is 2.10. The molecule has 3 aliphatic carbocycles. The Kier molecular flexibility index (Phi) is 3.12. The molecule has 2 N–H and O–H groups in total. The van der Waals surface area contributed by atoms with Crippen LogP contribution in [0.1, 0.15) is 61.6 Å². The highest BCUT2D eigenvalue weighted by molar-refractivity contribution is 5.87. The molecule has 0 amide bonds. The number of aliphatic hydroxyl groups excluding tert-OH is 1. The fourth-order valence-electron chi connectivity index (χ4n) is 5.68. The molecule has 0 bridgehead atoms. The van der Waals surface area contributed by atoms with E-state index in [0.717, 1.165) is 44.1 Å². The van der Waals surface area contributed by atoms with Crippen molar-refractivity contribution < 1.29 is 15.0 Å². The molecule has 3 aliphatic rings. The molecule has 0 radical (unpaired) electrons. The van der Waals surface area contributed by atoms with Crippen molar-refractivity contribution in [2.75, 3.05) is 0 Å². The van der Waals surface area contributed by atoms with Gasteiger partial charge in [-0.25, -0.2) is 0 Å². The van der Waals surface area contributed by atoms with E-state index in [4.69, 9.17) is 0 Å². The highest BCUT2D eigenvalue weighted by atomic mass is 16.3. The second-order valence-electron chi connectivity index (χ2n) is 7.62. The summed E-state index contributed by atoms with van der Waals surface area (Å²) in [5.41, 5.74) is 3.11. The number of carbonyl (C=O) groups is 1. The van der Waals surface area contributed by atoms with Crippen LogP contribution in [0.4, 0.5) is 0 Å². The molecule has 3 heteroatoms. The Morgan fingerprint density at radius 1 is 1.23 bits per heavy atom. The number of Topliss-reactive ketones (excluding diaryl/α,β-unsaturated/α-hetero) is 1. The normalized spacial score (nSPS) is 36.6. The number of benzene rings is 1. The van der Waals surface area contributed by atoms with Crippen molar-refractivity contribution in [3.63, 3.8) is 0 Å². The molecule has 0 aromatic heterocycles. The van der Waals surface area contributed by atoms with Gasteiger partial charge >= 0.3 is 0 Å². The van der Waals surface area contributed by atoms with Gasteiger partial charge in [0.15, 0.2) is 0 Å². The maximum absolute atomic E-state index is 12.3. The van der Waals surface area contributed by atoms with E-state index in [1.54, 1.807) is 6.07 Å². The van der Waals surface area contributed by atoms with Crippen LogP contribution >= 0.6 is 0 Å². The molecule has 22 heavy (non-hydrogen) atoms. The quantitative estimate of drug-likeness (QED) is 0.836. The average Bonchev–Trinajstić information content (AvgIpc) is 2.82. The minimum absolute atomic E-state index is 0.0879. The van der Waals surface area contributed by atoms with Crippen molar-refractivity contribution in [1.82, 2.24) is 0 Å². The van der Waals surface area contributed by atoms with Gasteiger partial charge in [0.05, 0.1) is 6.61 Å². The van der Waals surface area contributed by atoms with Crippen LogP contribution in [-0.2, 0) is 17.8 Å². The summed E-state index contributed by atoms with van der Waals surface area (Å²) in [5, 5.41) is 19.6. The topological polar surface area (TPSA) is 57.5 Å². The van der Waals surface area contributed by atoms with E-state index in [1.807, 2.05) is 0 Å². The molecule has 4 rings (SSSR count). The SMILES string of the molecule is C[C@]12CC[C@@H]3c4ccc(O)c(CO)c4CC[C@H]3[C@@H]1CCC2=O. The molecule has 4 atom stereocenters. The Balaban J connectivity index is 1.75. The summed E-state index contributed by atoms with van der Waals surface area (Å²) >= 11 is 0. The summed E-state index contributed by atoms with van der Waals surface area (Å²) in [4.78, 5) is 12.3. The molecule has 1 aromatic carbocycles. The lowest BCUT2D eigenvalue weighted by Crippen LogP contribution is -2.42. The third kappa shape index (κ3) is 1.75. The first-order valence-electron chi connectivity index (χ1n) is 8.54. The number of phenols is 1. The zero-order valence-electron chi connectivity index (χ0n) is 13.1. The van der Waals surface area contributed by atoms with E-state index in [2.05, 4.69) is 13.0 Å². The third-order valence-corrected chi connectivity index (χ3v) is 6.87. The summed E-state index contributed by atoms with van der Waals surface area (Å²) < 4.78 is 0. The zero-order chi connectivity index (χ0) is 15.5. The van der Waals surface area contributed by atoms with Crippen molar-refractivity contribution in [3.8, 4) is 5.75 Å². The number of fused-ring (bicyclic) bond motifs is 5. The first-order valence-corrected chi connectivity index (χ1v) is 8.54. The van der Waals surface area contributed by atoms with Crippen LogP contribution in [0.5, 0.6) is 5.75 Å². The molecule has 0 unspecified atom stereocenters. The molecule has 0 heterocycles. The van der Waals surface area contributed by atoms with Crippen LogP contribution in [-0.4, -0.2) is 16.0 Å². The molecule has 118 valence electrons. The van der Waals surface area contributed by atoms with Crippen LogP contribution in [0.15, 0.2) is 12.1 Å². The zero-order valence-corrected chi connectivity index (χ0v) is 13.1. The number of aliphatic hydroxyl groups is 1. The summed E-state index contributed by atoms with van der Waals surface area (Å²) in [7, 11) is 0. The van der Waals surface area contributed by atoms with Gasteiger partial charge in [0.25, 0.3) is 0 Å². The van der Waals surface area contributed by atoms with E-state index in [0.29, 0.717) is 29.1 Å². The van der Waals surface area contributed by atoms with Crippen molar-refractivity contribution in [2.45, 2.75) is 58.0 Å². The number of aromatic hydroxyl groups is 1. The van der Waals surface area contributed by atoms with Gasteiger partial charge in [0, 0.05) is 17.4 Å². The Morgan fingerprint density at radius 3 is 2.82 bits per heavy atom. The van der Waals surface area contributed by atoms with Gasteiger partial charge in [0.2, 0.25) is 0 Å². The molecule has 3 nitrogen and oxygen atoms in total. The third-order valence-electron chi connectivity index (χ3n) is 6.87. The van der Waals surface area contributed by atoms with Crippen LogP contribution < -0.4 is 0 Å². The van der Waals surface area contributed by atoms with Gasteiger partial charge in [-0.1, -0.05) is 13.0 Å². The molecular formula is C19H24O3. The molecule has 2 saturated carbocycles. The fraction of sp³-hybridized carbons (Fsp3) is 0.632. The Bertz CT molecular complexity index is 636. The molecule has 2 fully saturated rings. The minimum Gasteiger partial charge on any atom is -0.508 e. The van der Waals surface area contributed by atoms with Gasteiger partial charge in [0.1, 0.15) is 11.5 Å². The fourth-order valence-corrected chi connectivity index (χ4v) is 5.68. The minimum atomic E-state index is -0.0912. The van der Waals surface area contributed by atoms with Crippen molar-refractivity contribution in [1.29, 1.82) is 0 Å². The molecule has 0 spiro atoms. The Hall–Kier alpha value is -1.35. The Morgan fingerprint density at radius 2 is 2.05 bits per heavy atom. The van der Waals surface area contributed by atoms with E-state index in [1.165, 1.54) is 5.56 Å². The molecule has 0 saturated heterocycles. The number of carbonyl (C=O) groups excluding carboxylic acids is 1. The smallest absolute Gasteiger partial charge is 0.139 e. The standard InChI is InChI=1S/C19H24O3/c1-19-9-8-13-11-4-6-17(21)15(10-20)12(11)2-3-14(13)16(19)5-7-18(19)22/h4,6,13-14,16,20-21H,2-3,5,7-10H2,1H3/t13-,14-,16+,19+/m1/s1. The van der Waals surface area contributed by atoms with Gasteiger partial charge in [-0.3, -0.25) is 4.79 Å². The predicted molar refractivity (Wildman–Crippen MR) is 83.7 cm³/mol. The highest BCUT2D eigenvalue weighted by Crippen LogP contribution is 2.59. The second kappa shape index (κ2) is 4.82. The van der Waals surface area contributed by atoms with Gasteiger partial charge < -0.3 is 10.2 Å². The summed E-state index contributed by atoms with van der Waals surface area (Å²) in [6, 6.07) is 3.79. The van der Waals surface area contributed by atoms with E-state index in [9.17, 15) is 15.0 Å². The maximum Gasteiger partial charge on any atom is 0.139 e.